The van der Waals surface area contributed by atoms with Gasteiger partial charge in [0.15, 0.2) is 0 Å². The first-order chi connectivity index (χ1) is 19.0. The third-order valence-electron chi connectivity index (χ3n) is 7.85. The Labute approximate surface area is 238 Å². The second-order valence-electron chi connectivity index (χ2n) is 10.7. The summed E-state index contributed by atoms with van der Waals surface area (Å²) in [7, 11) is 0. The Morgan fingerprint density at radius 1 is 0.425 bits per heavy atom. The number of hydrogen-bond acceptors (Lipinski definition) is 8. The minimum Gasteiger partial charge on any atom is -0.480 e. The summed E-state index contributed by atoms with van der Waals surface area (Å²) in [4.78, 5) is 56.3. The highest BCUT2D eigenvalue weighted by molar-refractivity contribution is 5.75. The van der Waals surface area contributed by atoms with Crippen molar-refractivity contribution in [2.75, 3.05) is 52.4 Å². The number of carboxylic acids is 4. The first kappa shape index (κ1) is 35.7. The molecule has 40 heavy (non-hydrogen) atoms. The first-order valence-electron chi connectivity index (χ1n) is 14.9. The van der Waals surface area contributed by atoms with Gasteiger partial charge in [0.25, 0.3) is 0 Å². The molecule has 1 rings (SSSR count). The molecule has 12 heteroatoms. The fraction of sp³-hybridized carbons (Fsp3) is 0.857. The molecule has 0 aromatic rings. The molecule has 1 aliphatic heterocycles. The van der Waals surface area contributed by atoms with Gasteiger partial charge in [-0.15, -0.1) is 0 Å². The van der Waals surface area contributed by atoms with Gasteiger partial charge >= 0.3 is 23.9 Å². The van der Waals surface area contributed by atoms with Crippen LogP contribution in [0.15, 0.2) is 0 Å². The quantitative estimate of drug-likeness (QED) is 0.214. The van der Waals surface area contributed by atoms with E-state index < -0.39 is 48.0 Å². The van der Waals surface area contributed by atoms with Crippen molar-refractivity contribution < 1.29 is 39.6 Å². The number of carboxylic acid groups (broad SMARTS) is 4. The average molecular weight is 573 g/mol. The lowest BCUT2D eigenvalue weighted by Crippen LogP contribution is -2.56. The predicted octanol–water partition coefficient (Wildman–Crippen LogP) is 2.22. The third-order valence-corrected chi connectivity index (χ3v) is 7.85. The van der Waals surface area contributed by atoms with Crippen LogP contribution in [0.2, 0.25) is 0 Å². The average Bonchev–Trinajstić information content (AvgIpc) is 2.88. The Balaban J connectivity index is 3.52. The van der Waals surface area contributed by atoms with E-state index >= 15 is 0 Å². The number of aliphatic carboxylic acids is 4. The Hall–Kier alpha value is -2.28. The Morgan fingerprint density at radius 2 is 0.575 bits per heavy atom. The second-order valence-corrected chi connectivity index (χ2v) is 10.7. The largest absolute Gasteiger partial charge is 0.480 e. The monoisotopic (exact) mass is 572 g/mol. The maximum Gasteiger partial charge on any atom is 0.320 e. The number of nitrogens with zero attached hydrogens (tertiary/aromatic N) is 4. The maximum absolute atomic E-state index is 12.2. The molecule has 0 aromatic carbocycles. The van der Waals surface area contributed by atoms with Gasteiger partial charge in [-0.25, -0.2) is 0 Å². The van der Waals surface area contributed by atoms with E-state index in [0.29, 0.717) is 104 Å². The molecule has 232 valence electrons. The van der Waals surface area contributed by atoms with E-state index in [4.69, 9.17) is 0 Å². The zero-order valence-electron chi connectivity index (χ0n) is 24.8. The van der Waals surface area contributed by atoms with Crippen LogP contribution in [0.25, 0.3) is 0 Å². The molecule has 0 bridgehead atoms. The summed E-state index contributed by atoms with van der Waals surface area (Å²) in [6.07, 6.45) is 4.33. The molecule has 1 saturated heterocycles. The van der Waals surface area contributed by atoms with Crippen molar-refractivity contribution >= 4 is 23.9 Å². The number of carbonyl (C=O) groups is 4. The summed E-state index contributed by atoms with van der Waals surface area (Å²) in [5, 5.41) is 40.1. The SMILES string of the molecule is CCC[C@@H](C(=O)O)N1CCN([C@@H](CCC)C(=O)O)CCN([C@@H](CCC)C(=O)O)CCN([C@@H](CCC)C(=O)O)CC1. The molecule has 0 spiro atoms. The molecule has 12 nitrogen and oxygen atoms in total. The molecule has 1 heterocycles. The van der Waals surface area contributed by atoms with Gasteiger partial charge in [-0.05, 0) is 25.7 Å². The summed E-state index contributed by atoms with van der Waals surface area (Å²) < 4.78 is 0. The van der Waals surface area contributed by atoms with Crippen molar-refractivity contribution in [1.82, 2.24) is 19.6 Å². The van der Waals surface area contributed by atoms with E-state index in [1.807, 2.05) is 47.3 Å². The van der Waals surface area contributed by atoms with Gasteiger partial charge in [0, 0.05) is 52.4 Å². The van der Waals surface area contributed by atoms with Crippen molar-refractivity contribution in [1.29, 1.82) is 0 Å². The third kappa shape index (κ3) is 11.3. The van der Waals surface area contributed by atoms with Crippen molar-refractivity contribution in [2.24, 2.45) is 0 Å². The summed E-state index contributed by atoms with van der Waals surface area (Å²) in [5.41, 5.74) is 0. The molecule has 1 fully saturated rings. The standard InChI is InChI=1S/C28H52N4O8/c1-5-9-21(25(33)34)29-13-15-30(22(10-6-2)26(35)36)17-19-32(24(12-8-4)28(39)40)20-18-31(16-14-29)23(11-7-3)27(37)38/h21-24H,5-20H2,1-4H3,(H,33,34)(H,35,36)(H,37,38)(H,39,40)/t21-,22-,23-,24-/m0/s1. The fourth-order valence-electron chi connectivity index (χ4n) is 5.66. The van der Waals surface area contributed by atoms with Crippen LogP contribution in [0.3, 0.4) is 0 Å². The second kappa shape index (κ2) is 19.0. The van der Waals surface area contributed by atoms with Gasteiger partial charge in [-0.2, -0.15) is 0 Å². The highest BCUT2D eigenvalue weighted by Gasteiger charge is 2.33. The zero-order valence-corrected chi connectivity index (χ0v) is 24.8. The highest BCUT2D eigenvalue weighted by atomic mass is 16.4. The van der Waals surface area contributed by atoms with Crippen LogP contribution in [-0.4, -0.2) is 140 Å². The lowest BCUT2D eigenvalue weighted by Gasteiger charge is -2.39. The molecule has 4 N–H and O–H groups in total. The minimum atomic E-state index is -0.950. The van der Waals surface area contributed by atoms with Crippen LogP contribution in [0.5, 0.6) is 0 Å². The van der Waals surface area contributed by atoms with Crippen molar-refractivity contribution in [3.8, 4) is 0 Å². The minimum absolute atomic E-state index is 0.307. The fourth-order valence-corrected chi connectivity index (χ4v) is 5.66. The van der Waals surface area contributed by atoms with Crippen molar-refractivity contribution in [3.63, 3.8) is 0 Å². The lowest BCUT2D eigenvalue weighted by molar-refractivity contribution is -0.148. The topological polar surface area (TPSA) is 162 Å². The van der Waals surface area contributed by atoms with E-state index in [2.05, 4.69) is 0 Å². The van der Waals surface area contributed by atoms with Crippen LogP contribution in [-0.2, 0) is 19.2 Å². The van der Waals surface area contributed by atoms with Gasteiger partial charge in [-0.3, -0.25) is 38.8 Å². The summed E-state index contributed by atoms with van der Waals surface area (Å²) in [6.45, 7) is 10.1. The smallest absolute Gasteiger partial charge is 0.320 e. The Kier molecular flexibility index (Phi) is 16.9. The highest BCUT2D eigenvalue weighted by Crippen LogP contribution is 2.17. The van der Waals surface area contributed by atoms with Gasteiger partial charge in [-0.1, -0.05) is 53.4 Å². The van der Waals surface area contributed by atoms with Crippen molar-refractivity contribution in [2.45, 2.75) is 103 Å². The van der Waals surface area contributed by atoms with Gasteiger partial charge in [0.2, 0.25) is 0 Å². The molecule has 1 aliphatic rings. The summed E-state index contributed by atoms with van der Waals surface area (Å²) in [6, 6.07) is -3.06. The molecule has 0 aromatic heterocycles. The van der Waals surface area contributed by atoms with Crippen LogP contribution >= 0.6 is 0 Å². The Morgan fingerprint density at radius 3 is 0.675 bits per heavy atom. The number of rotatable bonds is 16. The van der Waals surface area contributed by atoms with Crippen LogP contribution < -0.4 is 0 Å². The molecule has 0 amide bonds. The zero-order chi connectivity index (χ0) is 30.2. The molecule has 0 saturated carbocycles. The van der Waals surface area contributed by atoms with Crippen molar-refractivity contribution in [3.05, 3.63) is 0 Å². The van der Waals surface area contributed by atoms with E-state index in [1.165, 1.54) is 0 Å². The van der Waals surface area contributed by atoms with Crippen LogP contribution in [0, 0.1) is 0 Å². The van der Waals surface area contributed by atoms with Gasteiger partial charge in [0.05, 0.1) is 0 Å². The predicted molar refractivity (Wildman–Crippen MR) is 152 cm³/mol. The molecule has 4 atom stereocenters. The molecular weight excluding hydrogens is 520 g/mol. The van der Waals surface area contributed by atoms with E-state index in [9.17, 15) is 39.6 Å². The summed E-state index contributed by atoms with van der Waals surface area (Å²) in [5.74, 6) is -3.80. The molecular formula is C28H52N4O8. The van der Waals surface area contributed by atoms with E-state index in [1.54, 1.807) is 0 Å². The molecule has 0 aliphatic carbocycles. The van der Waals surface area contributed by atoms with E-state index in [-0.39, 0.29) is 0 Å². The normalized spacial score (nSPS) is 20.5. The van der Waals surface area contributed by atoms with Gasteiger partial charge < -0.3 is 20.4 Å². The van der Waals surface area contributed by atoms with Crippen LogP contribution in [0.4, 0.5) is 0 Å². The van der Waals surface area contributed by atoms with Crippen LogP contribution in [0.1, 0.15) is 79.1 Å². The number of hydrogen-bond donors (Lipinski definition) is 4. The summed E-state index contributed by atoms with van der Waals surface area (Å²) >= 11 is 0. The molecule has 0 unspecified atom stereocenters. The van der Waals surface area contributed by atoms with E-state index in [0.717, 1.165) is 0 Å². The maximum atomic E-state index is 12.2. The Bertz CT molecular complexity index is 654. The van der Waals surface area contributed by atoms with Gasteiger partial charge in [0.1, 0.15) is 24.2 Å². The molecule has 0 radical (unpaired) electrons. The first-order valence-corrected chi connectivity index (χ1v) is 14.9. The lowest BCUT2D eigenvalue weighted by atomic mass is 10.1.